The van der Waals surface area contributed by atoms with Crippen LogP contribution >= 0.6 is 0 Å². The summed E-state index contributed by atoms with van der Waals surface area (Å²) < 4.78 is 5.50. The number of allylic oxidation sites excluding steroid dienone is 3. The summed E-state index contributed by atoms with van der Waals surface area (Å²) in [4.78, 5) is 24.6. The van der Waals surface area contributed by atoms with E-state index in [2.05, 4.69) is 31.3 Å². The van der Waals surface area contributed by atoms with E-state index in [-0.39, 0.29) is 18.5 Å². The van der Waals surface area contributed by atoms with Crippen LogP contribution in [0.3, 0.4) is 0 Å². The van der Waals surface area contributed by atoms with Crippen LogP contribution in [-0.4, -0.2) is 47.4 Å². The second-order valence-electron chi connectivity index (χ2n) is 23.9. The lowest BCUT2D eigenvalue weighted by Gasteiger charge is -2.20. The van der Waals surface area contributed by atoms with E-state index < -0.39 is 12.1 Å². The highest BCUT2D eigenvalue weighted by molar-refractivity contribution is 5.76. The maximum atomic E-state index is 12.5. The molecule has 0 aliphatic carbocycles. The predicted molar refractivity (Wildman–Crippen MR) is 333 cm³/mol. The topological polar surface area (TPSA) is 95.9 Å². The molecule has 0 saturated carbocycles. The molecule has 0 saturated heterocycles. The van der Waals surface area contributed by atoms with E-state index in [1.54, 1.807) is 6.08 Å². The predicted octanol–water partition coefficient (Wildman–Crippen LogP) is 22.1. The van der Waals surface area contributed by atoms with E-state index in [1.165, 1.54) is 315 Å². The van der Waals surface area contributed by atoms with Gasteiger partial charge in [0.25, 0.3) is 0 Å². The monoisotopic (exact) mass is 1070 g/mol. The van der Waals surface area contributed by atoms with Gasteiger partial charge in [-0.05, 0) is 57.8 Å². The summed E-state index contributed by atoms with van der Waals surface area (Å²) in [5.41, 5.74) is 0. The van der Waals surface area contributed by atoms with E-state index in [9.17, 15) is 19.8 Å². The Balaban J connectivity index is 3.42. The van der Waals surface area contributed by atoms with Crippen LogP contribution in [0.25, 0.3) is 0 Å². The molecule has 2 unspecified atom stereocenters. The van der Waals surface area contributed by atoms with Crippen LogP contribution in [0.1, 0.15) is 386 Å². The number of esters is 1. The fourth-order valence-electron chi connectivity index (χ4n) is 10.9. The molecule has 3 N–H and O–H groups in total. The highest BCUT2D eigenvalue weighted by atomic mass is 16.5. The van der Waals surface area contributed by atoms with Gasteiger partial charge in [-0.1, -0.05) is 340 Å². The fourth-order valence-corrected chi connectivity index (χ4v) is 10.9. The van der Waals surface area contributed by atoms with Gasteiger partial charge in [0.05, 0.1) is 25.4 Å². The van der Waals surface area contributed by atoms with Crippen LogP contribution in [0.2, 0.25) is 0 Å². The summed E-state index contributed by atoms with van der Waals surface area (Å²) in [5, 5.41) is 23.3. The molecule has 0 aromatic heterocycles. The number of aliphatic hydroxyl groups excluding tert-OH is 2. The van der Waals surface area contributed by atoms with E-state index in [4.69, 9.17) is 4.74 Å². The molecule has 0 spiro atoms. The van der Waals surface area contributed by atoms with Crippen molar-refractivity contribution >= 4 is 11.9 Å². The number of carbonyl (C=O) groups excluding carboxylic acids is 2. The van der Waals surface area contributed by atoms with Gasteiger partial charge in [0.2, 0.25) is 5.91 Å². The van der Waals surface area contributed by atoms with Crippen molar-refractivity contribution in [3.8, 4) is 0 Å². The Labute approximate surface area is 475 Å². The van der Waals surface area contributed by atoms with Crippen molar-refractivity contribution in [2.45, 2.75) is 398 Å². The zero-order chi connectivity index (χ0) is 55.0. The van der Waals surface area contributed by atoms with Crippen LogP contribution < -0.4 is 5.32 Å². The molecule has 2 atom stereocenters. The second-order valence-corrected chi connectivity index (χ2v) is 23.9. The Morgan fingerprint density at radius 2 is 0.618 bits per heavy atom. The Morgan fingerprint density at radius 1 is 0.355 bits per heavy atom. The smallest absolute Gasteiger partial charge is 0.305 e. The summed E-state index contributed by atoms with van der Waals surface area (Å²) in [5.74, 6) is -0.0632. The van der Waals surface area contributed by atoms with Gasteiger partial charge in [-0.25, -0.2) is 0 Å². The molecule has 0 radical (unpaired) electrons. The Morgan fingerprint density at radius 3 is 0.934 bits per heavy atom. The summed E-state index contributed by atoms with van der Waals surface area (Å²) in [7, 11) is 0. The summed E-state index contributed by atoms with van der Waals surface area (Å²) in [6.07, 6.45) is 82.4. The summed E-state index contributed by atoms with van der Waals surface area (Å²) in [6.45, 7) is 4.93. The minimum Gasteiger partial charge on any atom is -0.466 e. The fraction of sp³-hybridized carbons (Fsp3) is 0.914. The van der Waals surface area contributed by atoms with Crippen LogP contribution in [0.15, 0.2) is 24.3 Å². The maximum Gasteiger partial charge on any atom is 0.305 e. The van der Waals surface area contributed by atoms with Crippen molar-refractivity contribution in [3.05, 3.63) is 24.3 Å². The first-order valence-electron chi connectivity index (χ1n) is 34.6. The molecule has 0 aromatic rings. The van der Waals surface area contributed by atoms with Gasteiger partial charge in [-0.2, -0.15) is 0 Å². The van der Waals surface area contributed by atoms with Crippen molar-refractivity contribution in [2.75, 3.05) is 13.2 Å². The highest BCUT2D eigenvalue weighted by Crippen LogP contribution is 2.18. The van der Waals surface area contributed by atoms with Crippen molar-refractivity contribution in [1.29, 1.82) is 0 Å². The van der Waals surface area contributed by atoms with Gasteiger partial charge < -0.3 is 20.3 Å². The van der Waals surface area contributed by atoms with Crippen molar-refractivity contribution in [2.24, 2.45) is 0 Å². The van der Waals surface area contributed by atoms with Crippen molar-refractivity contribution < 1.29 is 24.5 Å². The third kappa shape index (κ3) is 61.6. The largest absolute Gasteiger partial charge is 0.466 e. The van der Waals surface area contributed by atoms with Crippen LogP contribution in [0.4, 0.5) is 0 Å². The number of amides is 1. The number of ether oxygens (including phenoxy) is 1. The number of unbranched alkanes of at least 4 members (excludes halogenated alkanes) is 52. The molecule has 0 rings (SSSR count). The molecule has 6 nitrogen and oxygen atoms in total. The molecule has 0 fully saturated rings. The molecule has 0 aromatic carbocycles. The van der Waals surface area contributed by atoms with Crippen LogP contribution in [0.5, 0.6) is 0 Å². The molecule has 76 heavy (non-hydrogen) atoms. The number of rotatable bonds is 65. The lowest BCUT2D eigenvalue weighted by atomic mass is 10.0. The van der Waals surface area contributed by atoms with Crippen LogP contribution in [-0.2, 0) is 14.3 Å². The molecule has 0 aliphatic rings. The van der Waals surface area contributed by atoms with E-state index in [1.807, 2.05) is 6.08 Å². The number of hydrogen-bond donors (Lipinski definition) is 3. The SMILES string of the molecule is CCCCCCCCC/C=C\CCCCCCCCCC(=O)OCCCCCCCCCCCCCCCCCCCCC(=O)NC(CO)C(O)/C=C/CCCCCCCCCCCCCCCCCCCCCCC. The third-order valence-electron chi connectivity index (χ3n) is 16.2. The standard InChI is InChI=1S/C70H135NO5/c1-3-5-7-9-11-13-15-17-19-21-23-24-25-26-27-30-34-38-42-46-50-54-58-62-68(73)67(66-72)71-69(74)63-59-55-51-47-43-39-35-31-28-29-33-37-41-45-49-53-57-61-65-76-70(75)64-60-56-52-48-44-40-36-32-22-20-18-16-14-12-10-8-6-4-2/h20,22,58,62,67-68,72-73H,3-19,21,23-57,59-61,63-66H2,1-2H3,(H,71,74)/b22-20-,62-58+. The first kappa shape index (κ1) is 74.3. The number of nitrogens with one attached hydrogen (secondary N) is 1. The minimum atomic E-state index is -0.849. The van der Waals surface area contributed by atoms with Gasteiger partial charge in [0.15, 0.2) is 0 Å². The van der Waals surface area contributed by atoms with Gasteiger partial charge >= 0.3 is 5.97 Å². The Kier molecular flexibility index (Phi) is 64.4. The zero-order valence-electron chi connectivity index (χ0n) is 51.5. The minimum absolute atomic E-state index is 0.00463. The third-order valence-corrected chi connectivity index (χ3v) is 16.2. The normalized spacial score (nSPS) is 12.6. The lowest BCUT2D eigenvalue weighted by molar-refractivity contribution is -0.143. The lowest BCUT2D eigenvalue weighted by Crippen LogP contribution is -2.45. The average Bonchev–Trinajstić information content (AvgIpc) is 3.42. The molecule has 6 heteroatoms. The molecule has 450 valence electrons. The molecular formula is C70H135NO5. The molecule has 1 amide bonds. The number of aliphatic hydroxyl groups is 2. The summed E-state index contributed by atoms with van der Waals surface area (Å²) >= 11 is 0. The first-order chi connectivity index (χ1) is 37.5. The van der Waals surface area contributed by atoms with E-state index in [0.717, 1.165) is 44.9 Å². The Bertz CT molecular complexity index is 1190. The second kappa shape index (κ2) is 65.9. The zero-order valence-corrected chi connectivity index (χ0v) is 51.5. The summed E-state index contributed by atoms with van der Waals surface area (Å²) in [6, 6.07) is -0.632. The molecule has 0 bridgehead atoms. The quantitative estimate of drug-likeness (QED) is 0.0320. The van der Waals surface area contributed by atoms with Crippen molar-refractivity contribution in [1.82, 2.24) is 5.32 Å². The number of carbonyl (C=O) groups is 2. The van der Waals surface area contributed by atoms with E-state index >= 15 is 0 Å². The molecular weight excluding hydrogens is 935 g/mol. The van der Waals surface area contributed by atoms with E-state index in [0.29, 0.717) is 19.4 Å². The molecule has 0 heterocycles. The van der Waals surface area contributed by atoms with Gasteiger partial charge in [0.1, 0.15) is 0 Å². The first-order valence-corrected chi connectivity index (χ1v) is 34.6. The number of hydrogen-bond acceptors (Lipinski definition) is 5. The average molecular weight is 1070 g/mol. The van der Waals surface area contributed by atoms with Gasteiger partial charge in [0, 0.05) is 12.8 Å². The van der Waals surface area contributed by atoms with Gasteiger partial charge in [-0.3, -0.25) is 9.59 Å². The van der Waals surface area contributed by atoms with Crippen LogP contribution in [0, 0.1) is 0 Å². The maximum absolute atomic E-state index is 12.5. The van der Waals surface area contributed by atoms with Crippen molar-refractivity contribution in [3.63, 3.8) is 0 Å². The highest BCUT2D eigenvalue weighted by Gasteiger charge is 2.18. The molecule has 0 aliphatic heterocycles. The Hall–Kier alpha value is -1.66. The van der Waals surface area contributed by atoms with Gasteiger partial charge in [-0.15, -0.1) is 0 Å².